The number of aryl methyl sites for hydroxylation is 2. The van der Waals surface area contributed by atoms with Crippen LogP contribution in [0.25, 0.3) is 21.6 Å². The number of carboxylic acid groups (broad SMARTS) is 1. The molecule has 0 atom stereocenters. The van der Waals surface area contributed by atoms with E-state index in [1.165, 1.54) is 12.1 Å². The molecule has 43 heavy (non-hydrogen) atoms. The van der Waals surface area contributed by atoms with Crippen LogP contribution in [0, 0.1) is 13.8 Å². The summed E-state index contributed by atoms with van der Waals surface area (Å²) in [5, 5.41) is 18.1. The van der Waals surface area contributed by atoms with Crippen LogP contribution in [-0.2, 0) is 13.0 Å². The van der Waals surface area contributed by atoms with Crippen molar-refractivity contribution in [1.29, 1.82) is 0 Å². The predicted octanol–water partition coefficient (Wildman–Crippen LogP) is 5.97. The number of fused-ring (bicyclic) bond motifs is 3. The van der Waals surface area contributed by atoms with E-state index in [1.807, 2.05) is 58.2 Å². The number of amides is 2. The largest absolute Gasteiger partial charge is 0.493 e. The third kappa shape index (κ3) is 6.16. The lowest BCUT2D eigenvalue weighted by Crippen LogP contribution is -2.41. The van der Waals surface area contributed by atoms with Gasteiger partial charge < -0.3 is 26.2 Å². The molecule has 0 saturated carbocycles. The van der Waals surface area contributed by atoms with Gasteiger partial charge in [0.2, 0.25) is 0 Å². The van der Waals surface area contributed by atoms with Crippen LogP contribution in [0.3, 0.4) is 0 Å². The van der Waals surface area contributed by atoms with Crippen molar-refractivity contribution in [3.8, 4) is 27.3 Å². The second kappa shape index (κ2) is 11.6. The molecule has 0 fully saturated rings. The van der Waals surface area contributed by atoms with Gasteiger partial charge in [0.1, 0.15) is 11.4 Å². The standard InChI is InChI=1S/C33H34N4O5S/c1-17-12-19(16-34)13-18(2)27(17)36-30(38)23-14-24-26(42-10-8-20-9-11-43-29(20)24)15-22(23)21-6-7-25(35-28(21)32(40)41)31(39)37-33(3,4)5/h6-7,9,11-15H,8,10,16,34H2,1-5H3,(H,36,38)(H,37,39)(H,40,41). The van der Waals surface area contributed by atoms with Crippen LogP contribution in [0.2, 0.25) is 0 Å². The molecule has 4 aromatic rings. The number of aromatic nitrogens is 1. The molecule has 0 radical (unpaired) electrons. The zero-order valence-electron chi connectivity index (χ0n) is 24.8. The maximum absolute atomic E-state index is 14.1. The molecule has 5 rings (SSSR count). The van der Waals surface area contributed by atoms with Crippen LogP contribution in [-0.4, -0.2) is 40.0 Å². The van der Waals surface area contributed by atoms with Gasteiger partial charge in [0, 0.05) is 51.3 Å². The second-order valence-electron chi connectivity index (χ2n) is 11.6. The molecule has 0 aliphatic carbocycles. The summed E-state index contributed by atoms with van der Waals surface area (Å²) in [5.74, 6) is -1.70. The van der Waals surface area contributed by atoms with E-state index in [1.54, 1.807) is 23.5 Å². The topological polar surface area (TPSA) is 144 Å². The zero-order chi connectivity index (χ0) is 31.1. The third-order valence-corrected chi connectivity index (χ3v) is 8.15. The molecular formula is C33H34N4O5S. The fourth-order valence-corrected chi connectivity index (χ4v) is 6.22. The number of carbonyl (C=O) groups excluding carboxylic acids is 2. The lowest BCUT2D eigenvalue weighted by Gasteiger charge is -2.21. The highest BCUT2D eigenvalue weighted by Crippen LogP contribution is 2.43. The summed E-state index contributed by atoms with van der Waals surface area (Å²) >= 11 is 1.56. The molecule has 2 aromatic carbocycles. The van der Waals surface area contributed by atoms with E-state index in [2.05, 4.69) is 15.6 Å². The van der Waals surface area contributed by atoms with Gasteiger partial charge in [0.15, 0.2) is 5.69 Å². The maximum atomic E-state index is 14.1. The fraction of sp³-hybridized carbons (Fsp3) is 0.273. The van der Waals surface area contributed by atoms with Crippen LogP contribution < -0.4 is 21.1 Å². The van der Waals surface area contributed by atoms with Gasteiger partial charge in [-0.2, -0.15) is 0 Å². The Balaban J connectivity index is 1.69. The number of hydrogen-bond acceptors (Lipinski definition) is 7. The molecule has 3 heterocycles. The van der Waals surface area contributed by atoms with Crippen molar-refractivity contribution < 1.29 is 24.2 Å². The first-order chi connectivity index (χ1) is 20.4. The minimum atomic E-state index is -1.33. The summed E-state index contributed by atoms with van der Waals surface area (Å²) in [7, 11) is 0. The SMILES string of the molecule is Cc1cc(CN)cc(C)c1NC(=O)c1cc2c(cc1-c1ccc(C(=O)NC(C)(C)C)nc1C(=O)O)OCCc1ccsc1-2. The highest BCUT2D eigenvalue weighted by molar-refractivity contribution is 7.13. The van der Waals surface area contributed by atoms with E-state index in [-0.39, 0.29) is 22.5 Å². The first kappa shape index (κ1) is 29.9. The maximum Gasteiger partial charge on any atom is 0.355 e. The molecule has 222 valence electrons. The molecule has 9 nitrogen and oxygen atoms in total. The molecule has 0 unspecified atom stereocenters. The Morgan fingerprint density at radius 1 is 1.00 bits per heavy atom. The molecule has 2 amide bonds. The number of carbonyl (C=O) groups is 3. The van der Waals surface area contributed by atoms with Gasteiger partial charge in [-0.1, -0.05) is 12.1 Å². The summed E-state index contributed by atoms with van der Waals surface area (Å²) < 4.78 is 6.12. The molecule has 0 bridgehead atoms. The summed E-state index contributed by atoms with van der Waals surface area (Å²) in [5.41, 5.74) is 10.9. The van der Waals surface area contributed by atoms with Crippen LogP contribution in [0.1, 0.15) is 74.4 Å². The first-order valence-electron chi connectivity index (χ1n) is 13.9. The number of nitrogens with one attached hydrogen (secondary N) is 2. The minimum absolute atomic E-state index is 0.0393. The fourth-order valence-electron chi connectivity index (χ4n) is 5.25. The van der Waals surface area contributed by atoms with Gasteiger partial charge in [0.05, 0.1) is 6.61 Å². The number of rotatable bonds is 6. The predicted molar refractivity (Wildman–Crippen MR) is 168 cm³/mol. The number of anilines is 1. The number of hydrogen-bond donors (Lipinski definition) is 4. The van der Waals surface area contributed by atoms with Crippen molar-refractivity contribution in [3.63, 3.8) is 0 Å². The number of thiophene rings is 1. The molecular weight excluding hydrogens is 564 g/mol. The Morgan fingerprint density at radius 2 is 1.72 bits per heavy atom. The van der Waals surface area contributed by atoms with Crippen molar-refractivity contribution in [2.24, 2.45) is 5.73 Å². The monoisotopic (exact) mass is 598 g/mol. The first-order valence-corrected chi connectivity index (χ1v) is 14.8. The highest BCUT2D eigenvalue weighted by Gasteiger charge is 2.27. The van der Waals surface area contributed by atoms with Crippen molar-refractivity contribution in [2.75, 3.05) is 11.9 Å². The van der Waals surface area contributed by atoms with Gasteiger partial charge in [0.25, 0.3) is 11.8 Å². The van der Waals surface area contributed by atoms with Crippen LogP contribution in [0.15, 0.2) is 47.8 Å². The number of benzene rings is 2. The molecule has 1 aliphatic heterocycles. The van der Waals surface area contributed by atoms with Crippen molar-refractivity contribution >= 4 is 34.8 Å². The quantitative estimate of drug-likeness (QED) is 0.214. The van der Waals surface area contributed by atoms with E-state index < -0.39 is 23.3 Å². The molecule has 5 N–H and O–H groups in total. The number of nitrogens with zero attached hydrogens (tertiary/aromatic N) is 1. The Morgan fingerprint density at radius 3 is 2.37 bits per heavy atom. The number of aromatic carboxylic acids is 1. The summed E-state index contributed by atoms with van der Waals surface area (Å²) in [6.07, 6.45) is 0.704. The van der Waals surface area contributed by atoms with E-state index in [4.69, 9.17) is 10.5 Å². The van der Waals surface area contributed by atoms with Crippen molar-refractivity contribution in [1.82, 2.24) is 10.3 Å². The minimum Gasteiger partial charge on any atom is -0.493 e. The van der Waals surface area contributed by atoms with Gasteiger partial charge >= 0.3 is 5.97 Å². The van der Waals surface area contributed by atoms with E-state index >= 15 is 0 Å². The average molecular weight is 599 g/mol. The third-order valence-electron chi connectivity index (χ3n) is 7.16. The molecule has 1 aliphatic rings. The van der Waals surface area contributed by atoms with Gasteiger partial charge in [-0.25, -0.2) is 9.78 Å². The van der Waals surface area contributed by atoms with E-state index in [9.17, 15) is 19.5 Å². The number of nitrogens with two attached hydrogens (primary N) is 1. The van der Waals surface area contributed by atoms with Gasteiger partial charge in [-0.15, -0.1) is 11.3 Å². The smallest absolute Gasteiger partial charge is 0.355 e. The average Bonchev–Trinajstić information content (AvgIpc) is 3.34. The zero-order valence-corrected chi connectivity index (χ0v) is 25.6. The van der Waals surface area contributed by atoms with Crippen molar-refractivity contribution in [3.05, 3.63) is 87.0 Å². The van der Waals surface area contributed by atoms with Crippen LogP contribution >= 0.6 is 11.3 Å². The Kier molecular flexibility index (Phi) is 8.09. The van der Waals surface area contributed by atoms with Gasteiger partial charge in [-0.05, 0) is 92.6 Å². The number of ether oxygens (including phenoxy) is 1. The van der Waals surface area contributed by atoms with E-state index in [0.29, 0.717) is 36.6 Å². The van der Waals surface area contributed by atoms with Gasteiger partial charge in [-0.3, -0.25) is 9.59 Å². The molecule has 2 aromatic heterocycles. The number of pyridine rings is 1. The second-order valence-corrected chi connectivity index (χ2v) is 12.5. The number of carboxylic acids is 1. The summed E-state index contributed by atoms with van der Waals surface area (Å²) in [6.45, 7) is 10.1. The summed E-state index contributed by atoms with van der Waals surface area (Å²) in [6, 6.07) is 12.4. The molecule has 0 spiro atoms. The Bertz CT molecular complexity index is 1750. The Hall–Kier alpha value is -4.54. The summed E-state index contributed by atoms with van der Waals surface area (Å²) in [4.78, 5) is 44.7. The highest BCUT2D eigenvalue weighted by atomic mass is 32.1. The van der Waals surface area contributed by atoms with Crippen LogP contribution in [0.5, 0.6) is 5.75 Å². The Labute approximate surface area is 254 Å². The molecule has 0 saturated heterocycles. The van der Waals surface area contributed by atoms with Crippen LogP contribution in [0.4, 0.5) is 5.69 Å². The molecule has 10 heteroatoms. The van der Waals surface area contributed by atoms with E-state index in [0.717, 1.165) is 32.7 Å². The normalized spacial score (nSPS) is 12.4. The van der Waals surface area contributed by atoms with Crippen molar-refractivity contribution in [2.45, 2.75) is 53.1 Å². The lowest BCUT2D eigenvalue weighted by molar-refractivity contribution is 0.0691. The lowest BCUT2D eigenvalue weighted by atomic mass is 9.93.